The highest BCUT2D eigenvalue weighted by Crippen LogP contribution is 2.39. The van der Waals surface area contributed by atoms with Crippen LogP contribution in [0.25, 0.3) is 0 Å². The maximum Gasteiger partial charge on any atom is 0.0487 e. The van der Waals surface area contributed by atoms with Gasteiger partial charge in [0.1, 0.15) is 0 Å². The highest BCUT2D eigenvalue weighted by atomic mass is 32.2. The lowest BCUT2D eigenvalue weighted by Gasteiger charge is -2.35. The smallest absolute Gasteiger partial charge is 0.0487 e. The zero-order valence-corrected chi connectivity index (χ0v) is 9.54. The fraction of sp³-hybridized carbons (Fsp3) is 1.00. The Labute approximate surface area is 86.3 Å². The monoisotopic (exact) mass is 202 g/mol. The van der Waals surface area contributed by atoms with Gasteiger partial charge in [-0.25, -0.2) is 0 Å². The van der Waals surface area contributed by atoms with Gasteiger partial charge in [-0.15, -0.1) is 0 Å². The van der Waals surface area contributed by atoms with Gasteiger partial charge in [-0.05, 0) is 43.1 Å². The molecule has 0 aromatic heterocycles. The topological polar surface area (TPSA) is 20.2 Å². The first-order chi connectivity index (χ1) is 6.33. The molecule has 1 fully saturated rings. The first-order valence-electron chi connectivity index (χ1n) is 5.43. The fourth-order valence-electron chi connectivity index (χ4n) is 2.38. The molecule has 0 heterocycles. The van der Waals surface area contributed by atoms with Gasteiger partial charge in [-0.3, -0.25) is 0 Å². The van der Waals surface area contributed by atoms with Crippen molar-refractivity contribution in [3.8, 4) is 0 Å². The molecule has 2 heteroatoms. The van der Waals surface area contributed by atoms with Crippen LogP contribution in [-0.4, -0.2) is 23.7 Å². The SMILES string of the molecule is CSCCCC1(CO)CCCCC1. The van der Waals surface area contributed by atoms with E-state index < -0.39 is 0 Å². The van der Waals surface area contributed by atoms with E-state index in [1.54, 1.807) is 0 Å². The second-order valence-corrected chi connectivity index (χ2v) is 5.30. The second kappa shape index (κ2) is 5.92. The normalized spacial score (nSPS) is 21.7. The Morgan fingerprint density at radius 2 is 1.92 bits per heavy atom. The summed E-state index contributed by atoms with van der Waals surface area (Å²) in [5, 5.41) is 9.43. The Morgan fingerprint density at radius 1 is 1.23 bits per heavy atom. The Morgan fingerprint density at radius 3 is 2.46 bits per heavy atom. The van der Waals surface area contributed by atoms with Crippen LogP contribution >= 0.6 is 11.8 Å². The van der Waals surface area contributed by atoms with E-state index in [4.69, 9.17) is 0 Å². The zero-order valence-electron chi connectivity index (χ0n) is 8.72. The number of thioether (sulfide) groups is 1. The van der Waals surface area contributed by atoms with Gasteiger partial charge in [-0.2, -0.15) is 11.8 Å². The quantitative estimate of drug-likeness (QED) is 0.691. The van der Waals surface area contributed by atoms with Crippen molar-refractivity contribution in [1.29, 1.82) is 0 Å². The molecule has 1 N–H and O–H groups in total. The lowest BCUT2D eigenvalue weighted by atomic mass is 9.72. The van der Waals surface area contributed by atoms with Crippen LogP contribution in [-0.2, 0) is 0 Å². The van der Waals surface area contributed by atoms with Crippen LogP contribution in [0.5, 0.6) is 0 Å². The van der Waals surface area contributed by atoms with Gasteiger partial charge in [0.15, 0.2) is 0 Å². The van der Waals surface area contributed by atoms with Gasteiger partial charge >= 0.3 is 0 Å². The molecule has 0 spiro atoms. The first kappa shape index (κ1) is 11.4. The number of aliphatic hydroxyl groups excluding tert-OH is 1. The molecule has 0 aromatic rings. The minimum atomic E-state index is 0.313. The summed E-state index contributed by atoms with van der Waals surface area (Å²) in [5.41, 5.74) is 0.313. The van der Waals surface area contributed by atoms with Crippen molar-refractivity contribution >= 4 is 11.8 Å². The van der Waals surface area contributed by atoms with E-state index in [2.05, 4.69) is 6.26 Å². The highest BCUT2D eigenvalue weighted by Gasteiger charge is 2.30. The summed E-state index contributed by atoms with van der Waals surface area (Å²) >= 11 is 1.92. The third-order valence-electron chi connectivity index (χ3n) is 3.31. The number of aliphatic hydroxyl groups is 1. The lowest BCUT2D eigenvalue weighted by Crippen LogP contribution is -2.28. The average Bonchev–Trinajstić information content (AvgIpc) is 2.20. The van der Waals surface area contributed by atoms with E-state index in [0.29, 0.717) is 12.0 Å². The summed E-state index contributed by atoms with van der Waals surface area (Å²) < 4.78 is 0. The molecule has 0 bridgehead atoms. The molecule has 1 aliphatic rings. The van der Waals surface area contributed by atoms with Crippen molar-refractivity contribution in [2.45, 2.75) is 44.9 Å². The predicted octanol–water partition coefficient (Wildman–Crippen LogP) is 3.07. The zero-order chi connectivity index (χ0) is 9.57. The molecule has 0 saturated heterocycles. The van der Waals surface area contributed by atoms with Crippen LogP contribution in [0.1, 0.15) is 44.9 Å². The molecule has 1 rings (SSSR count). The van der Waals surface area contributed by atoms with Gasteiger partial charge in [0.05, 0.1) is 0 Å². The van der Waals surface area contributed by atoms with Crippen LogP contribution in [0.4, 0.5) is 0 Å². The van der Waals surface area contributed by atoms with E-state index >= 15 is 0 Å². The molecule has 13 heavy (non-hydrogen) atoms. The average molecular weight is 202 g/mol. The summed E-state index contributed by atoms with van der Waals surface area (Å²) in [6.45, 7) is 0.418. The largest absolute Gasteiger partial charge is 0.396 e. The summed E-state index contributed by atoms with van der Waals surface area (Å²) in [6, 6.07) is 0. The Bertz CT molecular complexity index is 130. The summed E-state index contributed by atoms with van der Waals surface area (Å²) in [5.74, 6) is 1.25. The van der Waals surface area contributed by atoms with E-state index in [-0.39, 0.29) is 0 Å². The first-order valence-corrected chi connectivity index (χ1v) is 6.82. The van der Waals surface area contributed by atoms with Gasteiger partial charge in [0.25, 0.3) is 0 Å². The number of hydrogen-bond donors (Lipinski definition) is 1. The van der Waals surface area contributed by atoms with Gasteiger partial charge in [-0.1, -0.05) is 19.3 Å². The predicted molar refractivity (Wildman–Crippen MR) is 60.2 cm³/mol. The third-order valence-corrected chi connectivity index (χ3v) is 4.00. The molecular weight excluding hydrogens is 180 g/mol. The van der Waals surface area contributed by atoms with Crippen LogP contribution in [0, 0.1) is 5.41 Å². The van der Waals surface area contributed by atoms with Gasteiger partial charge in [0.2, 0.25) is 0 Å². The minimum absolute atomic E-state index is 0.313. The van der Waals surface area contributed by atoms with Crippen LogP contribution in [0.15, 0.2) is 0 Å². The van der Waals surface area contributed by atoms with Crippen LogP contribution < -0.4 is 0 Å². The Balaban J connectivity index is 2.29. The van der Waals surface area contributed by atoms with Crippen molar-refractivity contribution in [1.82, 2.24) is 0 Å². The summed E-state index contributed by atoms with van der Waals surface area (Å²) in [4.78, 5) is 0. The minimum Gasteiger partial charge on any atom is -0.396 e. The molecule has 0 radical (unpaired) electrons. The van der Waals surface area contributed by atoms with Crippen LogP contribution in [0.2, 0.25) is 0 Å². The molecule has 1 nitrogen and oxygen atoms in total. The maximum atomic E-state index is 9.43. The fourth-order valence-corrected chi connectivity index (χ4v) is 2.81. The van der Waals surface area contributed by atoms with Gasteiger partial charge in [0, 0.05) is 6.61 Å². The van der Waals surface area contributed by atoms with Crippen molar-refractivity contribution in [3.05, 3.63) is 0 Å². The highest BCUT2D eigenvalue weighted by molar-refractivity contribution is 7.98. The summed E-state index contributed by atoms with van der Waals surface area (Å²) in [6.07, 6.45) is 11.2. The van der Waals surface area contributed by atoms with Crippen molar-refractivity contribution < 1.29 is 5.11 Å². The van der Waals surface area contributed by atoms with E-state index in [0.717, 1.165) is 0 Å². The molecule has 0 unspecified atom stereocenters. The molecule has 0 atom stereocenters. The Hall–Kier alpha value is 0.310. The van der Waals surface area contributed by atoms with Gasteiger partial charge < -0.3 is 5.11 Å². The van der Waals surface area contributed by atoms with E-state index in [1.807, 2.05) is 11.8 Å². The number of rotatable bonds is 5. The molecule has 1 saturated carbocycles. The standard InChI is InChI=1S/C11H22OS/c1-13-9-5-8-11(10-12)6-3-2-4-7-11/h12H,2-10H2,1H3. The van der Waals surface area contributed by atoms with Crippen molar-refractivity contribution in [2.75, 3.05) is 18.6 Å². The molecular formula is C11H22OS. The summed E-state index contributed by atoms with van der Waals surface area (Å²) in [7, 11) is 0. The lowest BCUT2D eigenvalue weighted by molar-refractivity contribution is 0.0730. The maximum absolute atomic E-state index is 9.43. The van der Waals surface area contributed by atoms with Crippen molar-refractivity contribution in [3.63, 3.8) is 0 Å². The Kier molecular flexibility index (Phi) is 5.18. The second-order valence-electron chi connectivity index (χ2n) is 4.32. The molecule has 1 aliphatic carbocycles. The van der Waals surface area contributed by atoms with E-state index in [1.165, 1.54) is 50.7 Å². The molecule has 0 aliphatic heterocycles. The number of hydrogen-bond acceptors (Lipinski definition) is 2. The third kappa shape index (κ3) is 3.51. The molecule has 78 valence electrons. The van der Waals surface area contributed by atoms with Crippen molar-refractivity contribution in [2.24, 2.45) is 5.41 Å². The molecule has 0 aromatic carbocycles. The van der Waals surface area contributed by atoms with E-state index in [9.17, 15) is 5.11 Å². The van der Waals surface area contributed by atoms with Crippen LogP contribution in [0.3, 0.4) is 0 Å². The molecule has 0 amide bonds.